The smallest absolute Gasteiger partial charge is 0.275 e. The number of amides is 1. The molecule has 0 saturated heterocycles. The molecule has 4 aromatic rings. The van der Waals surface area contributed by atoms with Gasteiger partial charge in [-0.25, -0.2) is 15.0 Å². The average Bonchev–Trinajstić information content (AvgIpc) is 3.25. The number of rotatable bonds is 6. The molecule has 0 aliphatic heterocycles. The van der Waals surface area contributed by atoms with Gasteiger partial charge in [0.1, 0.15) is 22.2 Å². The topological polar surface area (TPSA) is 97.2 Å². The number of nitrogens with one attached hydrogen (secondary N) is 1. The third-order valence-corrected chi connectivity index (χ3v) is 5.12. The van der Waals surface area contributed by atoms with Crippen molar-refractivity contribution in [1.29, 1.82) is 0 Å². The second-order valence-corrected chi connectivity index (χ2v) is 7.89. The van der Waals surface area contributed by atoms with Crippen LogP contribution in [0.15, 0.2) is 66.3 Å². The first kappa shape index (κ1) is 20.5. The van der Waals surface area contributed by atoms with Crippen LogP contribution in [0.2, 0.25) is 0 Å². The highest BCUT2D eigenvalue weighted by molar-refractivity contribution is 7.13. The Balaban J connectivity index is 1.43. The molecule has 0 radical (unpaired) electrons. The van der Waals surface area contributed by atoms with Crippen molar-refractivity contribution in [2.24, 2.45) is 0 Å². The van der Waals surface area contributed by atoms with Crippen LogP contribution < -0.4 is 10.1 Å². The van der Waals surface area contributed by atoms with Gasteiger partial charge in [0, 0.05) is 16.5 Å². The van der Waals surface area contributed by atoms with Gasteiger partial charge in [0.25, 0.3) is 5.91 Å². The van der Waals surface area contributed by atoms with E-state index in [2.05, 4.69) is 20.3 Å². The van der Waals surface area contributed by atoms with Gasteiger partial charge in [0.05, 0.1) is 24.2 Å². The fraction of sp³-hybridized carbons (Fsp3) is 0.130. The van der Waals surface area contributed by atoms with E-state index < -0.39 is 0 Å². The Morgan fingerprint density at radius 3 is 2.48 bits per heavy atom. The number of ether oxygens (including phenoxy) is 1. The molecule has 0 aliphatic carbocycles. The van der Waals surface area contributed by atoms with Crippen molar-refractivity contribution >= 4 is 22.9 Å². The van der Waals surface area contributed by atoms with Gasteiger partial charge in [0.15, 0.2) is 5.82 Å². The number of phenolic OH excluding ortho intramolecular Hbond substituents is 1. The van der Waals surface area contributed by atoms with Gasteiger partial charge in [-0.15, -0.1) is 11.3 Å². The number of nitrogens with zero attached hydrogens (tertiary/aromatic N) is 3. The molecule has 7 nitrogen and oxygen atoms in total. The summed E-state index contributed by atoms with van der Waals surface area (Å²) in [4.78, 5) is 25.5. The number of carbonyl (C=O) groups is 1. The number of hydrogen-bond acceptors (Lipinski definition) is 7. The third-order valence-electron chi connectivity index (χ3n) is 4.22. The van der Waals surface area contributed by atoms with Crippen LogP contribution in [-0.2, 0) is 0 Å². The number of thiazole rings is 1. The molecule has 0 unspecified atom stereocenters. The number of benzene rings is 2. The SMILES string of the molecule is CC(C)Oc1ccc(-c2nc(C(=O)Nc3cnc(-c4cccc(O)c4)nc3)cs2)cc1. The summed E-state index contributed by atoms with van der Waals surface area (Å²) in [6.07, 6.45) is 3.15. The van der Waals surface area contributed by atoms with Crippen LogP contribution >= 0.6 is 11.3 Å². The molecule has 0 atom stereocenters. The predicted molar refractivity (Wildman–Crippen MR) is 120 cm³/mol. The minimum absolute atomic E-state index is 0.110. The summed E-state index contributed by atoms with van der Waals surface area (Å²) < 4.78 is 5.65. The van der Waals surface area contributed by atoms with E-state index >= 15 is 0 Å². The summed E-state index contributed by atoms with van der Waals surface area (Å²) >= 11 is 1.39. The van der Waals surface area contributed by atoms with Gasteiger partial charge in [-0.1, -0.05) is 12.1 Å². The third kappa shape index (κ3) is 5.04. The van der Waals surface area contributed by atoms with E-state index in [1.165, 1.54) is 23.7 Å². The van der Waals surface area contributed by atoms with Crippen LogP contribution in [0.4, 0.5) is 5.69 Å². The highest BCUT2D eigenvalue weighted by Crippen LogP contribution is 2.26. The standard InChI is InChI=1S/C23H20N4O3S/c1-14(2)30-19-8-6-15(7-9-19)23-27-20(13-31-23)22(29)26-17-11-24-21(25-12-17)16-4-3-5-18(28)10-16/h3-14,28H,1-2H3,(H,26,29). The van der Waals surface area contributed by atoms with Gasteiger partial charge in [-0.3, -0.25) is 4.79 Å². The molecule has 31 heavy (non-hydrogen) atoms. The van der Waals surface area contributed by atoms with Gasteiger partial charge >= 0.3 is 0 Å². The van der Waals surface area contributed by atoms with E-state index in [4.69, 9.17) is 4.74 Å². The molecule has 0 spiro atoms. The minimum atomic E-state index is -0.337. The lowest BCUT2D eigenvalue weighted by Crippen LogP contribution is -2.12. The Morgan fingerprint density at radius 2 is 1.81 bits per heavy atom. The molecular weight excluding hydrogens is 412 g/mol. The van der Waals surface area contributed by atoms with Crippen molar-refractivity contribution in [2.45, 2.75) is 20.0 Å². The lowest BCUT2D eigenvalue weighted by Gasteiger charge is -2.09. The van der Waals surface area contributed by atoms with Gasteiger partial charge in [0.2, 0.25) is 0 Å². The number of hydrogen-bond donors (Lipinski definition) is 2. The maximum absolute atomic E-state index is 12.6. The molecule has 2 heterocycles. The molecule has 0 bridgehead atoms. The molecule has 8 heteroatoms. The van der Waals surface area contributed by atoms with Crippen molar-refractivity contribution in [1.82, 2.24) is 15.0 Å². The molecule has 0 aliphatic rings. The van der Waals surface area contributed by atoms with Crippen LogP contribution in [0.3, 0.4) is 0 Å². The molecular formula is C23H20N4O3S. The monoisotopic (exact) mass is 432 g/mol. The normalized spacial score (nSPS) is 10.8. The largest absolute Gasteiger partial charge is 0.508 e. The van der Waals surface area contributed by atoms with E-state index in [0.717, 1.165) is 16.3 Å². The number of aromatic nitrogens is 3. The molecule has 2 N–H and O–H groups in total. The van der Waals surface area contributed by atoms with E-state index in [0.29, 0.717) is 22.8 Å². The van der Waals surface area contributed by atoms with Crippen LogP contribution in [0.25, 0.3) is 22.0 Å². The summed E-state index contributed by atoms with van der Waals surface area (Å²) in [5.74, 6) is 1.05. The minimum Gasteiger partial charge on any atom is -0.508 e. The second-order valence-electron chi connectivity index (χ2n) is 7.03. The summed E-state index contributed by atoms with van der Waals surface area (Å²) in [7, 11) is 0. The molecule has 0 fully saturated rings. The van der Waals surface area contributed by atoms with E-state index in [1.54, 1.807) is 29.6 Å². The first-order valence-corrected chi connectivity index (χ1v) is 10.5. The van der Waals surface area contributed by atoms with E-state index in [9.17, 15) is 9.90 Å². The fourth-order valence-corrected chi connectivity index (χ4v) is 3.65. The Hall–Kier alpha value is -3.78. The summed E-state index contributed by atoms with van der Waals surface area (Å²) in [6.45, 7) is 3.95. The maximum atomic E-state index is 12.6. The summed E-state index contributed by atoms with van der Waals surface area (Å²) in [6, 6.07) is 14.3. The highest BCUT2D eigenvalue weighted by atomic mass is 32.1. The van der Waals surface area contributed by atoms with Gasteiger partial charge < -0.3 is 15.2 Å². The molecule has 2 aromatic heterocycles. The lowest BCUT2D eigenvalue weighted by atomic mass is 10.2. The number of aromatic hydroxyl groups is 1. The summed E-state index contributed by atoms with van der Waals surface area (Å²) in [5, 5.41) is 14.8. The van der Waals surface area contributed by atoms with Gasteiger partial charge in [-0.05, 0) is 50.2 Å². The molecule has 4 rings (SSSR count). The fourth-order valence-electron chi connectivity index (χ4n) is 2.84. The van der Waals surface area contributed by atoms with Crippen LogP contribution in [0, 0.1) is 0 Å². The number of carbonyl (C=O) groups excluding carboxylic acids is 1. The van der Waals surface area contributed by atoms with Crippen molar-refractivity contribution in [3.63, 3.8) is 0 Å². The quantitative estimate of drug-likeness (QED) is 0.444. The predicted octanol–water partition coefficient (Wildman–Crippen LogP) is 5.01. The van der Waals surface area contributed by atoms with Crippen LogP contribution in [0.5, 0.6) is 11.5 Å². The first-order valence-electron chi connectivity index (χ1n) is 9.63. The average molecular weight is 433 g/mol. The van der Waals surface area contributed by atoms with Crippen LogP contribution in [0.1, 0.15) is 24.3 Å². The number of anilines is 1. The van der Waals surface area contributed by atoms with Gasteiger partial charge in [-0.2, -0.15) is 0 Å². The molecule has 156 valence electrons. The Labute approximate surface area is 183 Å². The van der Waals surface area contributed by atoms with Crippen molar-refractivity contribution in [2.75, 3.05) is 5.32 Å². The maximum Gasteiger partial charge on any atom is 0.275 e. The van der Waals surface area contributed by atoms with Crippen LogP contribution in [-0.4, -0.2) is 32.1 Å². The van der Waals surface area contributed by atoms with E-state index in [1.807, 2.05) is 38.1 Å². The first-order chi connectivity index (χ1) is 15.0. The number of phenols is 1. The van der Waals surface area contributed by atoms with E-state index in [-0.39, 0.29) is 17.8 Å². The molecule has 2 aromatic carbocycles. The Morgan fingerprint density at radius 1 is 1.06 bits per heavy atom. The second kappa shape index (κ2) is 8.93. The lowest BCUT2D eigenvalue weighted by molar-refractivity contribution is 0.102. The zero-order chi connectivity index (χ0) is 21.8. The van der Waals surface area contributed by atoms with Crippen molar-refractivity contribution < 1.29 is 14.6 Å². The van der Waals surface area contributed by atoms with Crippen molar-refractivity contribution in [3.05, 3.63) is 72.0 Å². The zero-order valence-corrected chi connectivity index (χ0v) is 17.8. The Bertz CT molecular complexity index is 1190. The van der Waals surface area contributed by atoms with Crippen molar-refractivity contribution in [3.8, 4) is 33.5 Å². The summed E-state index contributed by atoms with van der Waals surface area (Å²) in [5.41, 5.74) is 2.38. The zero-order valence-electron chi connectivity index (χ0n) is 16.9. The Kier molecular flexibility index (Phi) is 5.90. The molecule has 1 amide bonds. The highest BCUT2D eigenvalue weighted by Gasteiger charge is 2.13. The molecule has 0 saturated carbocycles.